The quantitative estimate of drug-likeness (QED) is 0.793. The Labute approximate surface area is 122 Å². The summed E-state index contributed by atoms with van der Waals surface area (Å²) >= 11 is 5.95. The van der Waals surface area contributed by atoms with E-state index in [1.807, 2.05) is 6.07 Å². The second-order valence-electron chi connectivity index (χ2n) is 4.30. The third kappa shape index (κ3) is 4.26. The van der Waals surface area contributed by atoms with Crippen LogP contribution in [-0.2, 0) is 11.3 Å². The van der Waals surface area contributed by atoms with Crippen LogP contribution in [0.4, 0.5) is 5.69 Å². The molecule has 0 spiro atoms. The SMILES string of the molecule is O=C(CNCc1ccc(O)cc1)Nc1ccccc1Cl. The molecule has 0 unspecified atom stereocenters. The van der Waals surface area contributed by atoms with Crippen LogP contribution in [0.5, 0.6) is 5.75 Å². The molecule has 0 radical (unpaired) electrons. The zero-order valence-corrected chi connectivity index (χ0v) is 11.5. The Bertz CT molecular complexity index is 585. The van der Waals surface area contributed by atoms with E-state index in [1.54, 1.807) is 42.5 Å². The van der Waals surface area contributed by atoms with Crippen molar-refractivity contribution in [2.24, 2.45) is 0 Å². The third-order valence-electron chi connectivity index (χ3n) is 2.70. The molecule has 2 aromatic carbocycles. The topological polar surface area (TPSA) is 61.4 Å². The molecule has 0 aliphatic carbocycles. The molecule has 0 aromatic heterocycles. The van der Waals surface area contributed by atoms with Gasteiger partial charge in [0.1, 0.15) is 5.75 Å². The number of para-hydroxylation sites is 1. The molecule has 0 aliphatic heterocycles. The van der Waals surface area contributed by atoms with Gasteiger partial charge in [-0.3, -0.25) is 4.79 Å². The number of carbonyl (C=O) groups is 1. The molecule has 0 saturated heterocycles. The lowest BCUT2D eigenvalue weighted by atomic mass is 10.2. The van der Waals surface area contributed by atoms with Gasteiger partial charge in [-0.05, 0) is 29.8 Å². The van der Waals surface area contributed by atoms with Crippen LogP contribution in [0.1, 0.15) is 5.56 Å². The average molecular weight is 291 g/mol. The summed E-state index contributed by atoms with van der Waals surface area (Å²) < 4.78 is 0. The second kappa shape index (κ2) is 6.93. The van der Waals surface area contributed by atoms with Gasteiger partial charge in [0, 0.05) is 6.54 Å². The Balaban J connectivity index is 1.78. The van der Waals surface area contributed by atoms with Gasteiger partial charge < -0.3 is 15.7 Å². The van der Waals surface area contributed by atoms with Crippen LogP contribution in [0.15, 0.2) is 48.5 Å². The number of benzene rings is 2. The molecular weight excluding hydrogens is 276 g/mol. The maximum Gasteiger partial charge on any atom is 0.238 e. The smallest absolute Gasteiger partial charge is 0.238 e. The van der Waals surface area contributed by atoms with E-state index >= 15 is 0 Å². The van der Waals surface area contributed by atoms with Crippen molar-refractivity contribution < 1.29 is 9.90 Å². The van der Waals surface area contributed by atoms with Crippen LogP contribution < -0.4 is 10.6 Å². The molecule has 2 rings (SSSR count). The summed E-state index contributed by atoms with van der Waals surface area (Å²) in [5.74, 6) is 0.0714. The van der Waals surface area contributed by atoms with E-state index in [4.69, 9.17) is 16.7 Å². The minimum atomic E-state index is -0.156. The van der Waals surface area contributed by atoms with Gasteiger partial charge in [0.15, 0.2) is 0 Å². The Morgan fingerprint density at radius 3 is 2.50 bits per heavy atom. The van der Waals surface area contributed by atoms with Crippen LogP contribution >= 0.6 is 11.6 Å². The molecule has 0 bridgehead atoms. The van der Waals surface area contributed by atoms with Crippen LogP contribution in [-0.4, -0.2) is 17.6 Å². The molecular formula is C15H15ClN2O2. The summed E-state index contributed by atoms with van der Waals surface area (Å²) in [4.78, 5) is 11.7. The minimum absolute atomic E-state index is 0.156. The Morgan fingerprint density at radius 1 is 1.10 bits per heavy atom. The van der Waals surface area contributed by atoms with E-state index in [1.165, 1.54) is 0 Å². The molecule has 4 nitrogen and oxygen atoms in total. The highest BCUT2D eigenvalue weighted by atomic mass is 35.5. The number of anilines is 1. The predicted molar refractivity (Wildman–Crippen MR) is 79.9 cm³/mol. The van der Waals surface area contributed by atoms with E-state index < -0.39 is 0 Å². The number of nitrogens with one attached hydrogen (secondary N) is 2. The number of halogens is 1. The van der Waals surface area contributed by atoms with Gasteiger partial charge >= 0.3 is 0 Å². The first kappa shape index (κ1) is 14.4. The molecule has 3 N–H and O–H groups in total. The molecule has 0 fully saturated rings. The average Bonchev–Trinajstić information content (AvgIpc) is 2.44. The molecule has 0 aliphatic rings. The Kier molecular flexibility index (Phi) is 4.98. The molecule has 0 atom stereocenters. The fourth-order valence-corrected chi connectivity index (χ4v) is 1.87. The van der Waals surface area contributed by atoms with Crippen molar-refractivity contribution in [1.29, 1.82) is 0 Å². The van der Waals surface area contributed by atoms with Crippen LogP contribution in [0.3, 0.4) is 0 Å². The Hall–Kier alpha value is -2.04. The van der Waals surface area contributed by atoms with Crippen molar-refractivity contribution in [3.05, 3.63) is 59.1 Å². The highest BCUT2D eigenvalue weighted by Crippen LogP contribution is 2.20. The van der Waals surface area contributed by atoms with E-state index in [-0.39, 0.29) is 18.2 Å². The summed E-state index contributed by atoms with van der Waals surface area (Å²) in [6.07, 6.45) is 0. The van der Waals surface area contributed by atoms with Crippen LogP contribution in [0.25, 0.3) is 0 Å². The number of phenols is 1. The molecule has 0 saturated carbocycles. The second-order valence-corrected chi connectivity index (χ2v) is 4.71. The lowest BCUT2D eigenvalue weighted by Crippen LogP contribution is -2.27. The summed E-state index contributed by atoms with van der Waals surface area (Å²) in [5.41, 5.74) is 1.60. The van der Waals surface area contributed by atoms with Crippen molar-refractivity contribution in [2.45, 2.75) is 6.54 Å². The number of rotatable bonds is 5. The number of amides is 1. The Morgan fingerprint density at radius 2 is 1.80 bits per heavy atom. The van der Waals surface area contributed by atoms with Gasteiger partial charge in [0.2, 0.25) is 5.91 Å². The number of hydrogen-bond acceptors (Lipinski definition) is 3. The van der Waals surface area contributed by atoms with Crippen molar-refractivity contribution in [2.75, 3.05) is 11.9 Å². The normalized spacial score (nSPS) is 10.2. The molecule has 20 heavy (non-hydrogen) atoms. The number of carbonyl (C=O) groups excluding carboxylic acids is 1. The van der Waals surface area contributed by atoms with E-state index in [2.05, 4.69) is 10.6 Å². The van der Waals surface area contributed by atoms with Crippen LogP contribution in [0, 0.1) is 0 Å². The third-order valence-corrected chi connectivity index (χ3v) is 3.03. The monoisotopic (exact) mass is 290 g/mol. The first-order valence-corrected chi connectivity index (χ1v) is 6.56. The highest BCUT2D eigenvalue weighted by Gasteiger charge is 2.04. The number of phenolic OH excluding ortho intramolecular Hbond substituents is 1. The van der Waals surface area contributed by atoms with E-state index in [0.29, 0.717) is 17.3 Å². The van der Waals surface area contributed by atoms with E-state index in [9.17, 15) is 4.79 Å². The summed E-state index contributed by atoms with van der Waals surface area (Å²) in [6.45, 7) is 0.738. The minimum Gasteiger partial charge on any atom is -0.508 e. The number of aromatic hydroxyl groups is 1. The fourth-order valence-electron chi connectivity index (χ4n) is 1.69. The van der Waals surface area contributed by atoms with Crippen molar-refractivity contribution in [3.8, 4) is 5.75 Å². The predicted octanol–water partition coefficient (Wildman–Crippen LogP) is 2.77. The van der Waals surface area contributed by atoms with Gasteiger partial charge in [-0.15, -0.1) is 0 Å². The lowest BCUT2D eigenvalue weighted by Gasteiger charge is -2.08. The van der Waals surface area contributed by atoms with Crippen molar-refractivity contribution in [1.82, 2.24) is 5.32 Å². The lowest BCUT2D eigenvalue weighted by molar-refractivity contribution is -0.115. The molecule has 5 heteroatoms. The fraction of sp³-hybridized carbons (Fsp3) is 0.133. The first-order valence-electron chi connectivity index (χ1n) is 6.18. The van der Waals surface area contributed by atoms with Crippen molar-refractivity contribution in [3.63, 3.8) is 0 Å². The van der Waals surface area contributed by atoms with Gasteiger partial charge in [0.25, 0.3) is 0 Å². The summed E-state index contributed by atoms with van der Waals surface area (Å²) in [5, 5.41) is 15.4. The van der Waals surface area contributed by atoms with Gasteiger partial charge in [0.05, 0.1) is 17.3 Å². The van der Waals surface area contributed by atoms with Gasteiger partial charge in [-0.2, -0.15) is 0 Å². The molecule has 1 amide bonds. The molecule has 2 aromatic rings. The largest absolute Gasteiger partial charge is 0.508 e. The van der Waals surface area contributed by atoms with E-state index in [0.717, 1.165) is 5.56 Å². The van der Waals surface area contributed by atoms with Gasteiger partial charge in [-0.25, -0.2) is 0 Å². The number of hydrogen-bond donors (Lipinski definition) is 3. The highest BCUT2D eigenvalue weighted by molar-refractivity contribution is 6.33. The zero-order chi connectivity index (χ0) is 14.4. The molecule has 0 heterocycles. The maximum atomic E-state index is 11.7. The molecule has 104 valence electrons. The summed E-state index contributed by atoms with van der Waals surface area (Å²) in [6, 6.07) is 13.9. The first-order chi connectivity index (χ1) is 9.65. The van der Waals surface area contributed by atoms with Crippen LogP contribution in [0.2, 0.25) is 5.02 Å². The van der Waals surface area contributed by atoms with Crippen molar-refractivity contribution >= 4 is 23.2 Å². The maximum absolute atomic E-state index is 11.7. The zero-order valence-electron chi connectivity index (χ0n) is 10.8. The standard InChI is InChI=1S/C15H15ClN2O2/c16-13-3-1-2-4-14(13)18-15(20)10-17-9-11-5-7-12(19)8-6-11/h1-8,17,19H,9-10H2,(H,18,20). The summed E-state index contributed by atoms with van der Waals surface area (Å²) in [7, 11) is 0. The van der Waals surface area contributed by atoms with Gasteiger partial charge in [-0.1, -0.05) is 35.9 Å².